The third kappa shape index (κ3) is 3.95. The monoisotopic (exact) mass is 459 g/mol. The highest BCUT2D eigenvalue weighted by Gasteiger charge is 2.25. The summed E-state index contributed by atoms with van der Waals surface area (Å²) in [6.07, 6.45) is 6.24. The molecule has 0 saturated carbocycles. The van der Waals surface area contributed by atoms with Crippen molar-refractivity contribution in [2.75, 3.05) is 51.3 Å². The number of anilines is 1. The van der Waals surface area contributed by atoms with Crippen LogP contribution < -0.4 is 4.90 Å². The summed E-state index contributed by atoms with van der Waals surface area (Å²) in [5, 5.41) is 6.44. The molecule has 5 heterocycles. The zero-order valence-electron chi connectivity index (χ0n) is 19.4. The number of morpholine rings is 1. The van der Waals surface area contributed by atoms with Gasteiger partial charge in [0, 0.05) is 36.8 Å². The van der Waals surface area contributed by atoms with Crippen LogP contribution in [0.2, 0.25) is 0 Å². The molecule has 2 aliphatic heterocycles. The van der Waals surface area contributed by atoms with E-state index in [9.17, 15) is 4.79 Å². The van der Waals surface area contributed by atoms with Crippen LogP contribution in [0.4, 0.5) is 5.95 Å². The van der Waals surface area contributed by atoms with Gasteiger partial charge >= 0.3 is 0 Å². The first kappa shape index (κ1) is 21.2. The fourth-order valence-electron chi connectivity index (χ4n) is 5.00. The lowest BCUT2D eigenvalue weighted by molar-refractivity contribution is 0.0843. The van der Waals surface area contributed by atoms with Crippen molar-refractivity contribution in [2.45, 2.75) is 19.3 Å². The molecule has 176 valence electrons. The maximum absolute atomic E-state index is 13.3. The van der Waals surface area contributed by atoms with Crippen LogP contribution in [0, 0.1) is 5.92 Å². The second kappa shape index (κ2) is 8.81. The number of benzene rings is 1. The molecule has 0 atom stereocenters. The smallest absolute Gasteiger partial charge is 0.249 e. The summed E-state index contributed by atoms with van der Waals surface area (Å²) in [5.41, 5.74) is 3.39. The van der Waals surface area contributed by atoms with Gasteiger partial charge in [-0.15, -0.1) is 0 Å². The lowest BCUT2D eigenvalue weighted by atomic mass is 9.93. The lowest BCUT2D eigenvalue weighted by Gasteiger charge is -2.28. The molecule has 6 rings (SSSR count). The fraction of sp³-hybridized carbons (Fsp3) is 0.440. The molecule has 34 heavy (non-hydrogen) atoms. The first-order chi connectivity index (χ1) is 16.7. The number of aromatic nitrogens is 5. The number of hydrogen-bond acceptors (Lipinski definition) is 7. The van der Waals surface area contributed by atoms with Crippen molar-refractivity contribution < 1.29 is 9.53 Å². The van der Waals surface area contributed by atoms with Gasteiger partial charge in [0.25, 0.3) is 0 Å². The molecule has 0 aliphatic carbocycles. The van der Waals surface area contributed by atoms with Gasteiger partial charge in [-0.25, -0.2) is 4.98 Å². The number of hydrogen-bond donors (Lipinski definition) is 1. The standard InChI is InChI=1S/C25H29N7O2/c1-30-8-5-17(6-9-30)14-22(33)32-24-20(16-27-32)23(19-3-2-18-4-7-26-21(18)15-19)28-25(29-24)31-10-12-34-13-11-31/h2-4,7,15-17,26H,5-6,8-14H2,1H3. The molecular weight excluding hydrogens is 430 g/mol. The van der Waals surface area contributed by atoms with Crippen molar-refractivity contribution in [2.24, 2.45) is 5.92 Å². The number of H-pyrrole nitrogens is 1. The Balaban J connectivity index is 1.42. The number of piperidine rings is 1. The molecule has 0 bridgehead atoms. The number of rotatable bonds is 4. The van der Waals surface area contributed by atoms with Gasteiger partial charge in [-0.1, -0.05) is 12.1 Å². The summed E-state index contributed by atoms with van der Waals surface area (Å²) < 4.78 is 7.02. The molecule has 2 aliphatic rings. The Morgan fingerprint density at radius 1 is 1.12 bits per heavy atom. The third-order valence-corrected chi connectivity index (χ3v) is 7.08. The number of carbonyl (C=O) groups is 1. The van der Waals surface area contributed by atoms with Gasteiger partial charge in [0.05, 0.1) is 30.5 Å². The summed E-state index contributed by atoms with van der Waals surface area (Å²) >= 11 is 0. The maximum atomic E-state index is 13.3. The number of ether oxygens (including phenoxy) is 1. The number of carbonyl (C=O) groups excluding carboxylic acids is 1. The van der Waals surface area contributed by atoms with E-state index in [2.05, 4.69) is 45.1 Å². The third-order valence-electron chi connectivity index (χ3n) is 7.08. The Labute approximate surface area is 197 Å². The second-order valence-electron chi connectivity index (χ2n) is 9.39. The molecule has 1 aromatic carbocycles. The van der Waals surface area contributed by atoms with Gasteiger partial charge in [0.1, 0.15) is 0 Å². The molecule has 0 radical (unpaired) electrons. The van der Waals surface area contributed by atoms with E-state index in [1.165, 1.54) is 4.68 Å². The molecule has 1 N–H and O–H groups in total. The van der Waals surface area contributed by atoms with Gasteiger partial charge in [0.2, 0.25) is 11.9 Å². The highest BCUT2D eigenvalue weighted by Crippen LogP contribution is 2.31. The van der Waals surface area contributed by atoms with Crippen LogP contribution in [0.5, 0.6) is 0 Å². The second-order valence-corrected chi connectivity index (χ2v) is 9.39. The maximum Gasteiger partial charge on any atom is 0.249 e. The zero-order valence-corrected chi connectivity index (χ0v) is 19.4. The number of nitrogens with zero attached hydrogens (tertiary/aromatic N) is 6. The predicted molar refractivity (Wildman–Crippen MR) is 131 cm³/mol. The Kier molecular flexibility index (Phi) is 5.50. The van der Waals surface area contributed by atoms with Crippen LogP contribution >= 0.6 is 0 Å². The van der Waals surface area contributed by atoms with Gasteiger partial charge in [-0.05, 0) is 56.4 Å². The van der Waals surface area contributed by atoms with E-state index in [1.54, 1.807) is 6.20 Å². The summed E-state index contributed by atoms with van der Waals surface area (Å²) in [7, 11) is 2.13. The highest BCUT2D eigenvalue weighted by atomic mass is 16.5. The first-order valence-electron chi connectivity index (χ1n) is 12.0. The molecule has 0 unspecified atom stereocenters. The number of fused-ring (bicyclic) bond motifs is 2. The minimum absolute atomic E-state index is 0.00181. The Hall–Kier alpha value is -3.30. The first-order valence-corrected chi connectivity index (χ1v) is 12.0. The summed E-state index contributed by atoms with van der Waals surface area (Å²) in [5.74, 6) is 1.01. The van der Waals surface area contributed by atoms with E-state index in [0.717, 1.165) is 66.6 Å². The Morgan fingerprint density at radius 2 is 1.94 bits per heavy atom. The topological polar surface area (TPSA) is 92.2 Å². The number of aromatic amines is 1. The molecule has 9 heteroatoms. The summed E-state index contributed by atoms with van der Waals surface area (Å²) in [4.78, 5) is 30.9. The van der Waals surface area contributed by atoms with Gasteiger partial charge < -0.3 is 19.5 Å². The van der Waals surface area contributed by atoms with Crippen molar-refractivity contribution >= 4 is 33.8 Å². The molecule has 2 saturated heterocycles. The minimum atomic E-state index is 0.00181. The quantitative estimate of drug-likeness (QED) is 0.501. The average molecular weight is 460 g/mol. The van der Waals surface area contributed by atoms with E-state index in [0.29, 0.717) is 37.1 Å². The molecule has 2 fully saturated rings. The summed E-state index contributed by atoms with van der Waals surface area (Å²) in [6, 6.07) is 8.30. The van der Waals surface area contributed by atoms with Crippen LogP contribution in [0.1, 0.15) is 24.1 Å². The van der Waals surface area contributed by atoms with Crippen LogP contribution in [-0.4, -0.2) is 82.0 Å². The van der Waals surface area contributed by atoms with Gasteiger partial charge in [-0.2, -0.15) is 14.8 Å². The van der Waals surface area contributed by atoms with Crippen LogP contribution in [0.25, 0.3) is 33.2 Å². The van der Waals surface area contributed by atoms with Crippen LogP contribution in [0.15, 0.2) is 36.7 Å². The molecule has 9 nitrogen and oxygen atoms in total. The van der Waals surface area contributed by atoms with Gasteiger partial charge in [-0.3, -0.25) is 4.79 Å². The Morgan fingerprint density at radius 3 is 2.76 bits per heavy atom. The predicted octanol–water partition coefficient (Wildman–Crippen LogP) is 3.18. The molecule has 3 aromatic heterocycles. The molecule has 0 spiro atoms. The van der Waals surface area contributed by atoms with Crippen molar-refractivity contribution in [3.63, 3.8) is 0 Å². The molecular formula is C25H29N7O2. The van der Waals surface area contributed by atoms with Crippen molar-refractivity contribution in [1.29, 1.82) is 0 Å². The highest BCUT2D eigenvalue weighted by molar-refractivity contribution is 5.98. The van der Waals surface area contributed by atoms with Crippen LogP contribution in [-0.2, 0) is 4.74 Å². The fourth-order valence-corrected chi connectivity index (χ4v) is 5.00. The summed E-state index contributed by atoms with van der Waals surface area (Å²) in [6.45, 7) is 4.79. The largest absolute Gasteiger partial charge is 0.378 e. The van der Waals surface area contributed by atoms with Crippen molar-refractivity contribution in [3.05, 3.63) is 36.7 Å². The van der Waals surface area contributed by atoms with E-state index in [-0.39, 0.29) is 5.91 Å². The Bertz CT molecular complexity index is 1330. The van der Waals surface area contributed by atoms with Crippen molar-refractivity contribution in [3.8, 4) is 11.3 Å². The number of nitrogens with one attached hydrogen (secondary N) is 1. The SMILES string of the molecule is CN1CCC(CC(=O)n2ncc3c(-c4ccc5cc[nH]c5c4)nc(N4CCOCC4)nc32)CC1. The number of likely N-dealkylation sites (tertiary alicyclic amines) is 1. The van der Waals surface area contributed by atoms with Gasteiger partial charge in [0.15, 0.2) is 5.65 Å². The lowest BCUT2D eigenvalue weighted by Crippen LogP contribution is -2.37. The van der Waals surface area contributed by atoms with E-state index in [4.69, 9.17) is 14.7 Å². The minimum Gasteiger partial charge on any atom is -0.378 e. The average Bonchev–Trinajstić information content (AvgIpc) is 3.52. The van der Waals surface area contributed by atoms with E-state index >= 15 is 0 Å². The van der Waals surface area contributed by atoms with E-state index < -0.39 is 0 Å². The van der Waals surface area contributed by atoms with Crippen LogP contribution in [0.3, 0.4) is 0 Å². The van der Waals surface area contributed by atoms with E-state index in [1.807, 2.05) is 12.3 Å². The zero-order chi connectivity index (χ0) is 23.1. The van der Waals surface area contributed by atoms with Crippen molar-refractivity contribution in [1.82, 2.24) is 29.6 Å². The molecule has 4 aromatic rings. The normalized spacial score (nSPS) is 18.2. The molecule has 0 amide bonds.